The number of carbonyl (C=O) groups excluding carboxylic acids is 1. The third-order valence-electron chi connectivity index (χ3n) is 4.06. The average Bonchev–Trinajstić information content (AvgIpc) is 2.64. The first-order chi connectivity index (χ1) is 12.8. The number of ether oxygens (including phenoxy) is 2. The molecule has 0 saturated heterocycles. The van der Waals surface area contributed by atoms with Crippen molar-refractivity contribution < 1.29 is 27.4 Å². The Kier molecular flexibility index (Phi) is 5.11. The highest BCUT2D eigenvalue weighted by Gasteiger charge is 2.32. The maximum atomic E-state index is 12.8. The van der Waals surface area contributed by atoms with Crippen molar-refractivity contribution in [2.75, 3.05) is 25.1 Å². The van der Waals surface area contributed by atoms with Crippen LogP contribution in [-0.2, 0) is 11.0 Å². The summed E-state index contributed by atoms with van der Waals surface area (Å²) in [5, 5.41) is 2.68. The van der Waals surface area contributed by atoms with Gasteiger partial charge in [-0.25, -0.2) is 0 Å². The Bertz CT molecular complexity index is 825. The van der Waals surface area contributed by atoms with E-state index in [4.69, 9.17) is 9.47 Å². The van der Waals surface area contributed by atoms with Gasteiger partial charge in [0.25, 0.3) is 0 Å². The molecule has 6 nitrogen and oxygen atoms in total. The Morgan fingerprint density at radius 2 is 2.00 bits per heavy atom. The van der Waals surface area contributed by atoms with Crippen LogP contribution < -0.4 is 19.7 Å². The molecule has 1 aromatic heterocycles. The Morgan fingerprint density at radius 1 is 1.30 bits per heavy atom. The lowest BCUT2D eigenvalue weighted by molar-refractivity contribution is -0.137. The summed E-state index contributed by atoms with van der Waals surface area (Å²) >= 11 is 0. The molecule has 0 aliphatic carbocycles. The quantitative estimate of drug-likeness (QED) is 0.882. The molecule has 1 aliphatic heterocycles. The molecule has 1 amide bonds. The SMILES string of the molecule is COc1ccc2c(n1)O[C@H](CNC(C)=O)CN2c1ccc(C(F)(F)F)cc1. The number of hydrogen-bond acceptors (Lipinski definition) is 5. The van der Waals surface area contributed by atoms with E-state index >= 15 is 0 Å². The predicted octanol–water partition coefficient (Wildman–Crippen LogP) is 3.14. The monoisotopic (exact) mass is 381 g/mol. The lowest BCUT2D eigenvalue weighted by Gasteiger charge is -2.35. The standard InChI is InChI=1S/C18H18F3N3O3/c1-11(25)22-9-14-10-24(13-5-3-12(4-6-13)18(19,20)21)15-7-8-16(26-2)23-17(15)27-14/h3-8,14H,9-10H2,1-2H3,(H,22,25)/t14-/m1/s1. The third-order valence-corrected chi connectivity index (χ3v) is 4.06. The zero-order valence-corrected chi connectivity index (χ0v) is 14.7. The van der Waals surface area contributed by atoms with Gasteiger partial charge in [-0.1, -0.05) is 0 Å². The van der Waals surface area contributed by atoms with Crippen molar-refractivity contribution in [3.63, 3.8) is 0 Å². The molecule has 9 heteroatoms. The number of hydrogen-bond donors (Lipinski definition) is 1. The van der Waals surface area contributed by atoms with Crippen LogP contribution in [0.5, 0.6) is 11.8 Å². The molecule has 144 valence electrons. The van der Waals surface area contributed by atoms with Gasteiger partial charge in [-0.2, -0.15) is 18.2 Å². The highest BCUT2D eigenvalue weighted by atomic mass is 19.4. The molecular formula is C18H18F3N3O3. The minimum absolute atomic E-state index is 0.205. The van der Waals surface area contributed by atoms with Gasteiger partial charge in [-0.05, 0) is 30.3 Å². The second kappa shape index (κ2) is 7.34. The van der Waals surface area contributed by atoms with Crippen molar-refractivity contribution in [1.29, 1.82) is 0 Å². The van der Waals surface area contributed by atoms with Crippen molar-refractivity contribution in [2.45, 2.75) is 19.2 Å². The predicted molar refractivity (Wildman–Crippen MR) is 92.3 cm³/mol. The van der Waals surface area contributed by atoms with Crippen LogP contribution in [0.1, 0.15) is 12.5 Å². The number of halogens is 3. The first kappa shape index (κ1) is 18.8. The van der Waals surface area contributed by atoms with Gasteiger partial charge < -0.3 is 19.7 Å². The summed E-state index contributed by atoms with van der Waals surface area (Å²) in [4.78, 5) is 17.3. The summed E-state index contributed by atoms with van der Waals surface area (Å²) in [6.45, 7) is 1.98. The molecule has 0 spiro atoms. The van der Waals surface area contributed by atoms with E-state index in [2.05, 4.69) is 10.3 Å². The zero-order chi connectivity index (χ0) is 19.6. The van der Waals surface area contributed by atoms with Gasteiger partial charge in [0, 0.05) is 18.7 Å². The normalized spacial score (nSPS) is 16.3. The molecule has 2 aromatic rings. The minimum Gasteiger partial charge on any atom is -0.481 e. The van der Waals surface area contributed by atoms with E-state index in [0.717, 1.165) is 12.1 Å². The van der Waals surface area contributed by atoms with Crippen LogP contribution in [0.25, 0.3) is 0 Å². The van der Waals surface area contributed by atoms with Gasteiger partial charge >= 0.3 is 6.18 Å². The maximum Gasteiger partial charge on any atom is 0.416 e. The largest absolute Gasteiger partial charge is 0.481 e. The number of pyridine rings is 1. The Hall–Kier alpha value is -2.97. The fourth-order valence-electron chi connectivity index (χ4n) is 2.76. The lowest BCUT2D eigenvalue weighted by atomic mass is 10.1. The summed E-state index contributed by atoms with van der Waals surface area (Å²) in [5.41, 5.74) is 0.448. The van der Waals surface area contributed by atoms with Crippen molar-refractivity contribution in [3.05, 3.63) is 42.0 Å². The van der Waals surface area contributed by atoms with Gasteiger partial charge in [0.15, 0.2) is 0 Å². The molecule has 1 aliphatic rings. The molecule has 0 radical (unpaired) electrons. The number of benzene rings is 1. The number of methoxy groups -OCH3 is 1. The van der Waals surface area contributed by atoms with Crippen molar-refractivity contribution in [1.82, 2.24) is 10.3 Å². The molecular weight excluding hydrogens is 363 g/mol. The number of rotatable bonds is 4. The summed E-state index contributed by atoms with van der Waals surface area (Å²) in [6.07, 6.45) is -4.83. The smallest absolute Gasteiger partial charge is 0.416 e. The summed E-state index contributed by atoms with van der Waals surface area (Å²) in [6, 6.07) is 8.24. The molecule has 0 saturated carbocycles. The van der Waals surface area contributed by atoms with Crippen LogP contribution in [-0.4, -0.2) is 37.2 Å². The van der Waals surface area contributed by atoms with Crippen LogP contribution >= 0.6 is 0 Å². The minimum atomic E-state index is -4.40. The number of anilines is 2. The number of alkyl halides is 3. The number of carbonyl (C=O) groups is 1. The fourth-order valence-corrected chi connectivity index (χ4v) is 2.76. The first-order valence-electron chi connectivity index (χ1n) is 8.19. The van der Waals surface area contributed by atoms with E-state index < -0.39 is 17.8 Å². The topological polar surface area (TPSA) is 63.7 Å². The van der Waals surface area contributed by atoms with Crippen molar-refractivity contribution in [3.8, 4) is 11.8 Å². The molecule has 0 unspecified atom stereocenters. The van der Waals surface area contributed by atoms with Gasteiger partial charge in [-0.3, -0.25) is 4.79 Å². The van der Waals surface area contributed by atoms with E-state index in [-0.39, 0.29) is 18.3 Å². The zero-order valence-electron chi connectivity index (χ0n) is 14.7. The van der Waals surface area contributed by atoms with Gasteiger partial charge in [-0.15, -0.1) is 0 Å². The highest BCUT2D eigenvalue weighted by molar-refractivity contribution is 5.73. The molecule has 0 fully saturated rings. The van der Waals surface area contributed by atoms with E-state index in [1.165, 1.54) is 26.2 Å². The van der Waals surface area contributed by atoms with Crippen LogP contribution in [0.4, 0.5) is 24.5 Å². The Balaban J connectivity index is 1.94. The molecule has 3 rings (SSSR count). The number of amides is 1. The van der Waals surface area contributed by atoms with Crippen LogP contribution in [0, 0.1) is 0 Å². The third kappa shape index (κ3) is 4.24. The van der Waals surface area contributed by atoms with E-state index in [0.29, 0.717) is 23.8 Å². The Labute approximate surface area is 153 Å². The average molecular weight is 381 g/mol. The molecule has 27 heavy (non-hydrogen) atoms. The highest BCUT2D eigenvalue weighted by Crippen LogP contribution is 2.39. The molecule has 0 bridgehead atoms. The van der Waals surface area contributed by atoms with Gasteiger partial charge in [0.1, 0.15) is 11.8 Å². The molecule has 1 atom stereocenters. The number of nitrogens with one attached hydrogen (secondary N) is 1. The van der Waals surface area contributed by atoms with Crippen LogP contribution in [0.3, 0.4) is 0 Å². The van der Waals surface area contributed by atoms with E-state index in [1.54, 1.807) is 17.0 Å². The van der Waals surface area contributed by atoms with Crippen LogP contribution in [0.15, 0.2) is 36.4 Å². The summed E-state index contributed by atoms with van der Waals surface area (Å²) in [5.74, 6) is 0.432. The Morgan fingerprint density at radius 3 is 2.59 bits per heavy atom. The van der Waals surface area contributed by atoms with Crippen molar-refractivity contribution in [2.24, 2.45) is 0 Å². The van der Waals surface area contributed by atoms with Gasteiger partial charge in [0.05, 0.1) is 25.8 Å². The van der Waals surface area contributed by atoms with Crippen molar-refractivity contribution >= 4 is 17.3 Å². The van der Waals surface area contributed by atoms with E-state index in [1.807, 2.05) is 0 Å². The second-order valence-electron chi connectivity index (χ2n) is 6.01. The lowest BCUT2D eigenvalue weighted by Crippen LogP contribution is -2.44. The van der Waals surface area contributed by atoms with Gasteiger partial charge in [0.2, 0.25) is 17.7 Å². The summed E-state index contributed by atoms with van der Waals surface area (Å²) < 4.78 is 49.4. The second-order valence-corrected chi connectivity index (χ2v) is 6.01. The first-order valence-corrected chi connectivity index (χ1v) is 8.19. The summed E-state index contributed by atoms with van der Waals surface area (Å²) in [7, 11) is 1.47. The molecule has 1 aromatic carbocycles. The fraction of sp³-hybridized carbons (Fsp3) is 0.333. The number of aromatic nitrogens is 1. The number of nitrogens with zero attached hydrogens (tertiary/aromatic N) is 2. The maximum absolute atomic E-state index is 12.8. The molecule has 2 heterocycles. The molecule has 1 N–H and O–H groups in total. The van der Waals surface area contributed by atoms with E-state index in [9.17, 15) is 18.0 Å². The number of fused-ring (bicyclic) bond motifs is 1. The van der Waals surface area contributed by atoms with Crippen LogP contribution in [0.2, 0.25) is 0 Å².